The molecule has 0 unspecified atom stereocenters. The number of anilines is 4. The van der Waals surface area contributed by atoms with Crippen LogP contribution in [0.5, 0.6) is 0 Å². The molecule has 0 saturated heterocycles. The Morgan fingerprint density at radius 1 is 0.677 bits per heavy atom. The van der Waals surface area contributed by atoms with Crippen molar-refractivity contribution in [1.82, 2.24) is 60.0 Å². The van der Waals surface area contributed by atoms with Crippen LogP contribution in [0.1, 0.15) is 148 Å². The molecule has 2 fully saturated rings. The van der Waals surface area contributed by atoms with Gasteiger partial charge in [0.15, 0.2) is 0 Å². The molecule has 0 spiro atoms. The molecule has 528 valence electrons. The zero-order valence-electron chi connectivity index (χ0n) is 56.9. The first-order valence-electron chi connectivity index (χ1n) is 31.5. The van der Waals surface area contributed by atoms with E-state index in [1.807, 2.05) is 67.5 Å². The van der Waals surface area contributed by atoms with E-state index in [4.69, 9.17) is 23.7 Å². The van der Waals surface area contributed by atoms with Gasteiger partial charge >= 0.3 is 12.2 Å². The number of sulfonamides is 2. The van der Waals surface area contributed by atoms with Gasteiger partial charge in [-0.3, -0.25) is 9.12 Å². The number of hydrogen-bond donors (Lipinski definition) is 8. The first-order chi connectivity index (χ1) is 44.4. The van der Waals surface area contributed by atoms with Crippen molar-refractivity contribution in [2.24, 2.45) is 0 Å². The van der Waals surface area contributed by atoms with Crippen LogP contribution in [-0.2, 0) is 51.1 Å². The summed E-state index contributed by atoms with van der Waals surface area (Å²) in [5.74, 6) is 1.36. The third kappa shape index (κ3) is 24.6. The number of nitrogens with one attached hydrogen (secondary N) is 7. The monoisotopic (exact) mass is 1440 g/mol. The molecule has 4 heterocycles. The quantitative estimate of drug-likeness (QED) is 0.0177. The van der Waals surface area contributed by atoms with Gasteiger partial charge in [-0.1, -0.05) is 49.5 Å². The molecule has 2 saturated carbocycles. The molecule has 7 aromatic rings. The molecular formula is C63H94N14O13S5Si. The van der Waals surface area contributed by atoms with Crippen LogP contribution in [0.4, 0.5) is 32.9 Å². The van der Waals surface area contributed by atoms with Crippen molar-refractivity contribution in [3.63, 3.8) is 0 Å². The smallest absolute Gasteiger partial charge is 0.407 e. The van der Waals surface area contributed by atoms with Crippen molar-refractivity contribution < 1.29 is 59.1 Å². The van der Waals surface area contributed by atoms with Gasteiger partial charge in [-0.05, 0) is 170 Å². The number of aromatic amines is 1. The van der Waals surface area contributed by atoms with Crippen LogP contribution in [-0.4, -0.2) is 137 Å². The third-order valence-corrected chi connectivity index (χ3v) is 23.1. The zero-order chi connectivity index (χ0) is 69.7. The summed E-state index contributed by atoms with van der Waals surface area (Å²) in [6.45, 7) is 27.9. The fourth-order valence-electron chi connectivity index (χ4n) is 10.2. The van der Waals surface area contributed by atoms with E-state index in [2.05, 4.69) is 80.7 Å². The second kappa shape index (κ2) is 33.6. The number of H-pyrrole nitrogens is 1. The lowest BCUT2D eigenvalue weighted by Gasteiger charge is -2.28. The topological polar surface area (TPSA) is 386 Å². The van der Waals surface area contributed by atoms with E-state index in [-0.39, 0.29) is 75.2 Å². The number of carbonyl (C=O) groups excluding carboxylic acids is 2. The summed E-state index contributed by atoms with van der Waals surface area (Å²) < 4.78 is 108. The average molecular weight is 1440 g/mol. The largest absolute Gasteiger partial charge is 0.447 e. The number of rotatable bonds is 22. The summed E-state index contributed by atoms with van der Waals surface area (Å²) in [6, 6.07) is 17.7. The number of nitrogens with zero attached hydrogens (tertiary/aromatic N) is 7. The van der Waals surface area contributed by atoms with Gasteiger partial charge in [0.25, 0.3) is 10.1 Å². The minimum Gasteiger partial charge on any atom is -0.447 e. The molecule has 9 rings (SSSR count). The summed E-state index contributed by atoms with van der Waals surface area (Å²) in [4.78, 5) is 39.2. The Bertz CT molecular complexity index is 4000. The highest BCUT2D eigenvalue weighted by Gasteiger charge is 2.32. The zero-order valence-corrected chi connectivity index (χ0v) is 62.0. The molecule has 0 atom stereocenters. The summed E-state index contributed by atoms with van der Waals surface area (Å²) in [5.41, 5.74) is 1.90. The van der Waals surface area contributed by atoms with Gasteiger partial charge in [-0.2, -0.15) is 18.5 Å². The van der Waals surface area contributed by atoms with Crippen LogP contribution in [0, 0.1) is 6.92 Å². The summed E-state index contributed by atoms with van der Waals surface area (Å²) in [5, 5.41) is 28.9. The normalized spacial score (nSPS) is 17.1. The lowest BCUT2D eigenvalue weighted by atomic mass is 9.86. The standard InChI is InChI=1S/C31H49N7O5S2Si.C25H35N7O4S2.C7H8O3S.H2O/c1-21(2)43-30(39)35-23-11-9-22(10-12-23)28-32-18-26(44-28)25-14-13-24(17-27(25)45(40,41)37-31(3,4)5)34-29-36-33-19-38(29)20-42-15-16-46(6,7)8;1-15(2)36-24(33)30-17-8-6-16(7-9-17)22-26-13-20(37-22)19-11-10-18(29-23-27-14-28-31-23)12-21(19)38(34,35)32-25(3,4)5;1-6-2-4-7(5-3-6)11(8,9)10;/h13-14,17-19,21-23,37H,9-12,15-16,20H2,1-8H3,(H,34,36)(H,35,39);10-17,32H,6-9H2,1-5H3,(H,30,33)(H2,27,28,29,31);2-5H,1H3,(H,8,9,10);1H2. The van der Waals surface area contributed by atoms with Crippen LogP contribution in [0.15, 0.2) is 100 Å². The highest BCUT2D eigenvalue weighted by Crippen LogP contribution is 2.42. The number of carbonyl (C=O) groups is 2. The molecule has 96 heavy (non-hydrogen) atoms. The van der Waals surface area contributed by atoms with E-state index in [0.29, 0.717) is 41.0 Å². The lowest BCUT2D eigenvalue weighted by molar-refractivity contribution is 0.0883. The number of aryl methyl sites for hydroxylation is 1. The van der Waals surface area contributed by atoms with Gasteiger partial charge in [-0.15, -0.1) is 32.9 Å². The molecule has 0 bridgehead atoms. The number of alkyl carbamates (subject to hydrolysis) is 2. The van der Waals surface area contributed by atoms with Crippen LogP contribution < -0.4 is 30.7 Å². The maximum Gasteiger partial charge on any atom is 0.407 e. The Hall–Kier alpha value is -6.79. The lowest BCUT2D eigenvalue weighted by Crippen LogP contribution is -2.40. The minimum absolute atomic E-state index is 0. The van der Waals surface area contributed by atoms with Gasteiger partial charge in [0, 0.05) is 84.6 Å². The third-order valence-electron chi connectivity index (χ3n) is 14.6. The van der Waals surface area contributed by atoms with E-state index in [9.17, 15) is 34.8 Å². The first-order valence-corrected chi connectivity index (χ1v) is 41.2. The average Bonchev–Trinajstić information content (AvgIpc) is 1.49. The van der Waals surface area contributed by atoms with Crippen molar-refractivity contribution in [3.8, 4) is 20.9 Å². The molecule has 2 aliphatic carbocycles. The van der Waals surface area contributed by atoms with Gasteiger partial charge < -0.3 is 41.0 Å². The molecule has 3 aromatic carbocycles. The Kier molecular flexibility index (Phi) is 27.4. The molecule has 4 aromatic heterocycles. The number of aromatic nitrogens is 8. The van der Waals surface area contributed by atoms with Gasteiger partial charge in [0.05, 0.1) is 46.7 Å². The summed E-state index contributed by atoms with van der Waals surface area (Å²) in [6.07, 6.45) is 12.3. The van der Waals surface area contributed by atoms with E-state index in [1.54, 1.807) is 80.5 Å². The molecule has 0 aliphatic heterocycles. The van der Waals surface area contributed by atoms with E-state index in [0.717, 1.165) is 82.7 Å². The number of thiazole rings is 2. The van der Waals surface area contributed by atoms with Crippen molar-refractivity contribution in [2.45, 2.75) is 222 Å². The first kappa shape index (κ1) is 78.2. The van der Waals surface area contributed by atoms with Gasteiger partial charge in [0.2, 0.25) is 31.9 Å². The number of hydrogen-bond acceptors (Lipinski definition) is 21. The molecule has 0 radical (unpaired) electrons. The Morgan fingerprint density at radius 2 is 1.14 bits per heavy atom. The Morgan fingerprint density at radius 3 is 1.54 bits per heavy atom. The summed E-state index contributed by atoms with van der Waals surface area (Å²) in [7, 11) is -13.0. The maximum atomic E-state index is 13.8. The highest BCUT2D eigenvalue weighted by atomic mass is 32.2. The molecule has 2 amide bonds. The second-order valence-electron chi connectivity index (χ2n) is 27.4. The van der Waals surface area contributed by atoms with Crippen molar-refractivity contribution >= 4 is 96.4 Å². The second-order valence-corrected chi connectivity index (χ2v) is 39.9. The molecular weight excluding hydrogens is 1350 g/mol. The predicted molar refractivity (Wildman–Crippen MR) is 376 cm³/mol. The van der Waals surface area contributed by atoms with Crippen LogP contribution in [0.2, 0.25) is 25.7 Å². The van der Waals surface area contributed by atoms with Crippen LogP contribution >= 0.6 is 22.7 Å². The van der Waals surface area contributed by atoms with E-state index in [1.165, 1.54) is 41.1 Å². The summed E-state index contributed by atoms with van der Waals surface area (Å²) >= 11 is 3.03. The molecule has 2 aliphatic rings. The Balaban J connectivity index is 0.000000262. The highest BCUT2D eigenvalue weighted by molar-refractivity contribution is 7.90. The minimum atomic E-state index is -4.02. The molecule has 27 nitrogen and oxygen atoms in total. The number of amides is 2. The van der Waals surface area contributed by atoms with E-state index < -0.39 is 49.3 Å². The predicted octanol–water partition coefficient (Wildman–Crippen LogP) is 12.0. The van der Waals surface area contributed by atoms with Crippen LogP contribution in [0.3, 0.4) is 0 Å². The SMILES string of the molecule is CC(C)OC(=O)NC1CCC(c2ncc(-c3ccc(Nc4ncn[nH]4)cc3S(=O)(=O)NC(C)(C)C)s2)CC1.CC(C)OC(=O)NC1CCC(c2ncc(-c3ccc(Nc4nncn4COCC[Si](C)(C)C)cc3S(=O)(=O)NC(C)(C)C)s2)CC1.Cc1ccc(S(=O)(=O)O)cc1.O. The van der Waals surface area contributed by atoms with Crippen molar-refractivity contribution in [1.29, 1.82) is 0 Å². The molecule has 10 N–H and O–H groups in total. The van der Waals surface area contributed by atoms with Gasteiger partial charge in [-0.25, -0.2) is 50.9 Å². The van der Waals surface area contributed by atoms with Crippen LogP contribution in [0.25, 0.3) is 20.9 Å². The maximum absolute atomic E-state index is 13.8. The fraction of sp³-hybridized carbons (Fsp3) is 0.524. The van der Waals surface area contributed by atoms with E-state index >= 15 is 0 Å². The number of ether oxygens (including phenoxy) is 3. The molecule has 33 heteroatoms. The van der Waals surface area contributed by atoms with Crippen molar-refractivity contribution in [3.05, 3.63) is 101 Å². The van der Waals surface area contributed by atoms with Crippen molar-refractivity contribution in [2.75, 3.05) is 17.2 Å². The Labute approximate surface area is 573 Å². The fourth-order valence-corrected chi connectivity index (χ4v) is 17.1. The number of benzene rings is 3. The van der Waals surface area contributed by atoms with Gasteiger partial charge in [0.1, 0.15) is 19.4 Å².